The van der Waals surface area contributed by atoms with Crippen LogP contribution in [0, 0.1) is 5.92 Å². The molecule has 10 heavy (non-hydrogen) atoms. The number of hydrogen-bond acceptors (Lipinski definition) is 2. The minimum absolute atomic E-state index is 0.725. The average Bonchev–Trinajstić information content (AvgIpc) is 2.69. The van der Waals surface area contributed by atoms with Crippen LogP contribution in [-0.2, 0) is 0 Å². The van der Waals surface area contributed by atoms with Gasteiger partial charge in [0.15, 0.2) is 0 Å². The molecule has 52 valence electrons. The Kier molecular flexibility index (Phi) is 1.19. The third-order valence-electron chi connectivity index (χ3n) is 2.09. The van der Waals surface area contributed by atoms with Crippen molar-refractivity contribution in [3.63, 3.8) is 0 Å². The summed E-state index contributed by atoms with van der Waals surface area (Å²) in [6, 6.07) is 2.01. The molecule has 1 aromatic heterocycles. The van der Waals surface area contributed by atoms with Gasteiger partial charge in [-0.2, -0.15) is 0 Å². The van der Waals surface area contributed by atoms with Crippen molar-refractivity contribution < 1.29 is 0 Å². The molecule has 0 amide bonds. The summed E-state index contributed by atoms with van der Waals surface area (Å²) in [5.41, 5.74) is 1.21. The summed E-state index contributed by atoms with van der Waals surface area (Å²) in [5.74, 6) is 1.57. The molecule has 2 heteroatoms. The molecule has 0 radical (unpaired) electrons. The third kappa shape index (κ3) is 0.897. The van der Waals surface area contributed by atoms with E-state index in [-0.39, 0.29) is 0 Å². The van der Waals surface area contributed by atoms with E-state index in [1.54, 1.807) is 6.33 Å². The fourth-order valence-corrected chi connectivity index (χ4v) is 1.25. The van der Waals surface area contributed by atoms with Gasteiger partial charge in [-0.25, -0.2) is 9.97 Å². The molecule has 0 N–H and O–H groups in total. The summed E-state index contributed by atoms with van der Waals surface area (Å²) >= 11 is 0. The maximum Gasteiger partial charge on any atom is 0.115 e. The number of nitrogens with zero attached hydrogens (tertiary/aromatic N) is 2. The van der Waals surface area contributed by atoms with Crippen molar-refractivity contribution in [2.45, 2.75) is 19.3 Å². The molecule has 1 aliphatic carbocycles. The second-order valence-electron chi connectivity index (χ2n) is 2.95. The molecule has 1 fully saturated rings. The normalized spacial score (nSPS) is 30.1. The van der Waals surface area contributed by atoms with Crippen LogP contribution in [-0.4, -0.2) is 9.97 Å². The monoisotopic (exact) mass is 134 g/mol. The first-order chi connectivity index (χ1) is 4.88. The molecule has 2 rings (SSSR count). The topological polar surface area (TPSA) is 25.8 Å². The van der Waals surface area contributed by atoms with E-state index in [1.165, 1.54) is 12.1 Å². The van der Waals surface area contributed by atoms with E-state index in [0.717, 1.165) is 11.8 Å². The smallest absolute Gasteiger partial charge is 0.115 e. The lowest BCUT2D eigenvalue weighted by molar-refractivity contribution is 0.876. The summed E-state index contributed by atoms with van der Waals surface area (Å²) < 4.78 is 0. The molecule has 1 heterocycles. The fourth-order valence-electron chi connectivity index (χ4n) is 1.25. The highest BCUT2D eigenvalue weighted by Gasteiger charge is 2.34. The van der Waals surface area contributed by atoms with E-state index in [1.807, 2.05) is 12.3 Å². The summed E-state index contributed by atoms with van der Waals surface area (Å²) in [4.78, 5) is 8.05. The summed E-state index contributed by atoms with van der Waals surface area (Å²) in [5, 5.41) is 0. The Morgan fingerprint density at radius 3 is 2.90 bits per heavy atom. The van der Waals surface area contributed by atoms with E-state index in [0.29, 0.717) is 0 Å². The van der Waals surface area contributed by atoms with Gasteiger partial charge in [0.1, 0.15) is 6.33 Å². The molecule has 1 aromatic rings. The maximum atomic E-state index is 4.18. The van der Waals surface area contributed by atoms with E-state index in [4.69, 9.17) is 0 Å². The fraction of sp³-hybridized carbons (Fsp3) is 0.500. The highest BCUT2D eigenvalue weighted by molar-refractivity contribution is 5.14. The number of hydrogen-bond donors (Lipinski definition) is 0. The van der Waals surface area contributed by atoms with Gasteiger partial charge in [-0.15, -0.1) is 0 Å². The van der Waals surface area contributed by atoms with Crippen LogP contribution in [0.25, 0.3) is 0 Å². The molecule has 0 aromatic carbocycles. The van der Waals surface area contributed by atoms with Crippen LogP contribution < -0.4 is 0 Å². The van der Waals surface area contributed by atoms with Gasteiger partial charge in [-0.1, -0.05) is 6.92 Å². The van der Waals surface area contributed by atoms with E-state index in [9.17, 15) is 0 Å². The van der Waals surface area contributed by atoms with Gasteiger partial charge in [0, 0.05) is 17.8 Å². The maximum absolute atomic E-state index is 4.18. The zero-order valence-electron chi connectivity index (χ0n) is 5.99. The van der Waals surface area contributed by atoms with Gasteiger partial charge in [0.2, 0.25) is 0 Å². The molecule has 1 aliphatic rings. The summed E-state index contributed by atoms with van der Waals surface area (Å²) in [6.07, 6.45) is 4.74. The van der Waals surface area contributed by atoms with Crippen molar-refractivity contribution in [3.05, 3.63) is 24.3 Å². The molecule has 2 nitrogen and oxygen atoms in total. The van der Waals surface area contributed by atoms with E-state index >= 15 is 0 Å². The Morgan fingerprint density at radius 1 is 1.60 bits per heavy atom. The Labute approximate surface area is 60.3 Å². The van der Waals surface area contributed by atoms with Crippen LogP contribution >= 0.6 is 0 Å². The van der Waals surface area contributed by atoms with E-state index < -0.39 is 0 Å². The lowest BCUT2D eigenvalue weighted by Crippen LogP contribution is -1.86. The number of aromatic nitrogens is 2. The summed E-state index contributed by atoms with van der Waals surface area (Å²) in [7, 11) is 0. The highest BCUT2D eigenvalue weighted by atomic mass is 14.8. The Bertz CT molecular complexity index is 220. The van der Waals surface area contributed by atoms with E-state index in [2.05, 4.69) is 16.9 Å². The average molecular weight is 134 g/mol. The van der Waals surface area contributed by atoms with Crippen LogP contribution in [0.15, 0.2) is 18.6 Å². The first-order valence-corrected chi connectivity index (χ1v) is 3.64. The van der Waals surface area contributed by atoms with Crippen molar-refractivity contribution in [3.8, 4) is 0 Å². The minimum atomic E-state index is 0.725. The van der Waals surface area contributed by atoms with Crippen molar-refractivity contribution in [1.82, 2.24) is 9.97 Å². The lowest BCUT2D eigenvalue weighted by atomic mass is 10.2. The van der Waals surface area contributed by atoms with Gasteiger partial charge in [-0.05, 0) is 18.4 Å². The predicted molar refractivity (Wildman–Crippen MR) is 38.6 cm³/mol. The van der Waals surface area contributed by atoms with Crippen LogP contribution in [0.1, 0.15) is 25.0 Å². The second-order valence-corrected chi connectivity index (χ2v) is 2.95. The quantitative estimate of drug-likeness (QED) is 0.583. The molecule has 2 unspecified atom stereocenters. The molecule has 2 atom stereocenters. The first kappa shape index (κ1) is 5.83. The zero-order valence-corrected chi connectivity index (χ0v) is 5.99. The van der Waals surface area contributed by atoms with Crippen molar-refractivity contribution in [2.75, 3.05) is 0 Å². The molecule has 1 saturated carbocycles. The SMILES string of the molecule is CC1CC1c1ccncn1. The van der Waals surface area contributed by atoms with Crippen LogP contribution in [0.2, 0.25) is 0 Å². The second kappa shape index (κ2) is 2.04. The van der Waals surface area contributed by atoms with Gasteiger partial charge in [0.25, 0.3) is 0 Å². The molecule has 0 aliphatic heterocycles. The predicted octanol–water partition coefficient (Wildman–Crippen LogP) is 1.60. The van der Waals surface area contributed by atoms with Crippen molar-refractivity contribution >= 4 is 0 Å². The molecule has 0 bridgehead atoms. The molecular weight excluding hydrogens is 124 g/mol. The summed E-state index contributed by atoms with van der Waals surface area (Å²) in [6.45, 7) is 2.26. The lowest BCUT2D eigenvalue weighted by Gasteiger charge is -1.92. The number of rotatable bonds is 1. The minimum Gasteiger partial charge on any atom is -0.245 e. The molecule has 0 spiro atoms. The van der Waals surface area contributed by atoms with Crippen molar-refractivity contribution in [1.29, 1.82) is 0 Å². The molecule has 0 saturated heterocycles. The Morgan fingerprint density at radius 2 is 2.40 bits per heavy atom. The van der Waals surface area contributed by atoms with Gasteiger partial charge in [-0.3, -0.25) is 0 Å². The van der Waals surface area contributed by atoms with Crippen molar-refractivity contribution in [2.24, 2.45) is 5.92 Å². The van der Waals surface area contributed by atoms with Crippen LogP contribution in [0.5, 0.6) is 0 Å². The third-order valence-corrected chi connectivity index (χ3v) is 2.09. The first-order valence-electron chi connectivity index (χ1n) is 3.64. The van der Waals surface area contributed by atoms with Gasteiger partial charge < -0.3 is 0 Å². The zero-order chi connectivity index (χ0) is 6.97. The van der Waals surface area contributed by atoms with Crippen LogP contribution in [0.4, 0.5) is 0 Å². The standard InChI is InChI=1S/C8H10N2/c1-6-4-7(6)8-2-3-9-5-10-8/h2-3,5-7H,4H2,1H3. The molecular formula is C8H10N2. The van der Waals surface area contributed by atoms with Crippen LogP contribution in [0.3, 0.4) is 0 Å². The Balaban J connectivity index is 2.20. The Hall–Kier alpha value is -0.920. The van der Waals surface area contributed by atoms with Gasteiger partial charge in [0.05, 0.1) is 0 Å². The largest absolute Gasteiger partial charge is 0.245 e. The van der Waals surface area contributed by atoms with Gasteiger partial charge >= 0.3 is 0 Å². The highest BCUT2D eigenvalue weighted by Crippen LogP contribution is 2.45.